The van der Waals surface area contributed by atoms with E-state index in [2.05, 4.69) is 6.92 Å². The van der Waals surface area contributed by atoms with Gasteiger partial charge in [0.15, 0.2) is 11.4 Å². The van der Waals surface area contributed by atoms with Gasteiger partial charge in [0, 0.05) is 19.3 Å². The third-order valence-corrected chi connectivity index (χ3v) is 9.12. The lowest BCUT2D eigenvalue weighted by Gasteiger charge is -2.33. The van der Waals surface area contributed by atoms with Crippen LogP contribution >= 0.6 is 0 Å². The number of aliphatic hydroxyl groups is 1. The Morgan fingerprint density at radius 3 is 1.18 bits per heavy atom. The van der Waals surface area contributed by atoms with E-state index in [-0.39, 0.29) is 18.7 Å². The molecule has 1 atom stereocenters. The van der Waals surface area contributed by atoms with Crippen molar-refractivity contribution in [2.45, 2.75) is 205 Å². The molecule has 0 aromatic heterocycles. The molecule has 0 aliphatic rings. The summed E-state index contributed by atoms with van der Waals surface area (Å²) >= 11 is 0. The van der Waals surface area contributed by atoms with E-state index in [0.29, 0.717) is 16.7 Å². The van der Waals surface area contributed by atoms with Gasteiger partial charge >= 0.3 is 5.97 Å². The minimum atomic E-state index is -1.78. The second-order valence-electron chi connectivity index (χ2n) is 15.1. The summed E-state index contributed by atoms with van der Waals surface area (Å²) in [6.07, 6.45) is 33.9. The number of carboxylic acids is 1. The first-order valence-corrected chi connectivity index (χ1v) is 19.3. The van der Waals surface area contributed by atoms with Gasteiger partial charge in [0.2, 0.25) is 0 Å². The largest absolute Gasteiger partial charge is 0.481 e. The van der Waals surface area contributed by atoms with Gasteiger partial charge in [-0.1, -0.05) is 155 Å². The third kappa shape index (κ3) is 29.9. The maximum atomic E-state index is 12.6. The van der Waals surface area contributed by atoms with Crippen LogP contribution in [0.4, 0.5) is 0 Å². The van der Waals surface area contributed by atoms with Gasteiger partial charge in [0.25, 0.3) is 0 Å². The van der Waals surface area contributed by atoms with Crippen LogP contribution < -0.4 is 0 Å². The lowest BCUT2D eigenvalue weighted by molar-refractivity contribution is -0.875. The topological polar surface area (TPSA) is 91.7 Å². The number of rotatable bonds is 35. The van der Waals surface area contributed by atoms with Crippen LogP contribution in [0.3, 0.4) is 0 Å². The van der Waals surface area contributed by atoms with E-state index in [1.807, 2.05) is 21.1 Å². The summed E-state index contributed by atoms with van der Waals surface area (Å²) in [7, 11) is 5.56. The summed E-state index contributed by atoms with van der Waals surface area (Å²) in [5, 5.41) is 19.9. The molecular formula is C39H76NO5+. The first-order chi connectivity index (χ1) is 21.5. The molecule has 0 heterocycles. The fraction of sp³-hybridized carbons (Fsp3) is 0.923. The molecule has 0 aromatic carbocycles. The number of quaternary nitrogens is 1. The summed E-state index contributed by atoms with van der Waals surface area (Å²) in [4.78, 5) is 36.0. The van der Waals surface area contributed by atoms with Crippen molar-refractivity contribution in [1.82, 2.24) is 0 Å². The molecule has 0 rings (SSSR count). The number of unbranched alkanes of at least 4 members (excludes halogenated alkanes) is 24. The Morgan fingerprint density at radius 1 is 0.556 bits per heavy atom. The predicted octanol–water partition coefficient (Wildman–Crippen LogP) is 10.4. The van der Waals surface area contributed by atoms with Crippen molar-refractivity contribution >= 4 is 17.5 Å². The molecule has 6 nitrogen and oxygen atoms in total. The van der Waals surface area contributed by atoms with Crippen LogP contribution in [0.1, 0.15) is 200 Å². The van der Waals surface area contributed by atoms with E-state index in [1.165, 1.54) is 135 Å². The number of likely N-dealkylation sites (N-methyl/N-ethyl adjacent to an activating group) is 1. The molecule has 0 amide bonds. The van der Waals surface area contributed by atoms with Gasteiger partial charge in [-0.25, -0.2) is 0 Å². The fourth-order valence-electron chi connectivity index (χ4n) is 6.53. The molecule has 1 unspecified atom stereocenters. The lowest BCUT2D eigenvalue weighted by atomic mass is 9.89. The Balaban J connectivity index is 3.48. The monoisotopic (exact) mass is 641 g/mol. The highest BCUT2D eigenvalue weighted by Gasteiger charge is 2.42. The van der Waals surface area contributed by atoms with E-state index in [0.717, 1.165) is 38.5 Å². The Kier molecular flexibility index (Phi) is 28.1. The number of carbonyl (C=O) groups is 3. The zero-order valence-corrected chi connectivity index (χ0v) is 30.5. The maximum Gasteiger partial charge on any atom is 0.306 e. The molecular weight excluding hydrogens is 564 g/mol. The smallest absolute Gasteiger partial charge is 0.306 e. The molecule has 0 saturated carbocycles. The summed E-state index contributed by atoms with van der Waals surface area (Å²) in [5.41, 5.74) is -1.78. The van der Waals surface area contributed by atoms with Gasteiger partial charge < -0.3 is 14.7 Å². The lowest BCUT2D eigenvalue weighted by Crippen LogP contribution is -2.54. The van der Waals surface area contributed by atoms with Crippen LogP contribution in [0.25, 0.3) is 0 Å². The number of Topliss-reactive ketones (excluding diaryl/α,β-unsaturated/α-hetero) is 2. The van der Waals surface area contributed by atoms with Gasteiger partial charge in [-0.3, -0.25) is 14.4 Å². The number of nitrogens with zero attached hydrogens (tertiary/aromatic N) is 1. The Bertz CT molecular complexity index is 731. The summed E-state index contributed by atoms with van der Waals surface area (Å²) in [6, 6.07) is 0. The van der Waals surface area contributed by atoms with E-state index >= 15 is 0 Å². The summed E-state index contributed by atoms with van der Waals surface area (Å²) < 4.78 is 0.343. The second kappa shape index (κ2) is 28.9. The molecule has 0 aromatic rings. The number of ketones is 2. The number of carboxylic acid groups (broad SMARTS) is 1. The number of carbonyl (C=O) groups excluding carboxylic acids is 2. The zero-order valence-electron chi connectivity index (χ0n) is 30.5. The molecule has 6 heteroatoms. The maximum absolute atomic E-state index is 12.6. The van der Waals surface area contributed by atoms with Crippen molar-refractivity contribution < 1.29 is 29.1 Å². The number of hydrogen-bond donors (Lipinski definition) is 2. The minimum absolute atomic E-state index is 0.109. The first kappa shape index (κ1) is 43.7. The van der Waals surface area contributed by atoms with Gasteiger partial charge in [0.05, 0.1) is 27.6 Å². The van der Waals surface area contributed by atoms with Crippen molar-refractivity contribution in [2.75, 3.05) is 27.7 Å². The van der Waals surface area contributed by atoms with E-state index in [1.54, 1.807) is 0 Å². The van der Waals surface area contributed by atoms with Gasteiger partial charge in [-0.15, -0.1) is 0 Å². The molecule has 0 saturated heterocycles. The third-order valence-electron chi connectivity index (χ3n) is 9.12. The predicted molar refractivity (Wildman–Crippen MR) is 190 cm³/mol. The van der Waals surface area contributed by atoms with Crippen LogP contribution in [0.5, 0.6) is 0 Å². The highest BCUT2D eigenvalue weighted by molar-refractivity contribution is 5.91. The fourth-order valence-corrected chi connectivity index (χ4v) is 6.53. The normalized spacial score (nSPS) is 13.2. The number of aliphatic carboxylic acids is 1. The molecule has 0 aliphatic heterocycles. The standard InChI is InChI=1S/C39H75NO5/c1-5-6-7-8-9-10-11-13-16-19-22-25-28-31-36(41)32-29-26-23-20-17-14-12-15-18-21-24-27-30-33-37(42)39(45,34-38(43)44)35-40(2,3)4/h45H,5-35H2,1-4H3/p+1/i36+2. The van der Waals surface area contributed by atoms with Crippen LogP contribution in [0.2, 0.25) is 0 Å². The highest BCUT2D eigenvalue weighted by atomic mass is 16.4. The molecule has 0 bridgehead atoms. The highest BCUT2D eigenvalue weighted by Crippen LogP contribution is 2.21. The van der Waals surface area contributed by atoms with Gasteiger partial charge in [-0.05, 0) is 19.3 Å². The van der Waals surface area contributed by atoms with Crippen molar-refractivity contribution in [3.63, 3.8) is 0 Å². The SMILES string of the molecule is CCCCCCCCCCCCCCC[14C](=O)CCCCCCCCCCCCCCCC(=O)C(O)(CC(=O)O)C[N+](C)(C)C. The molecule has 0 radical (unpaired) electrons. The van der Waals surface area contributed by atoms with Crippen LogP contribution in [-0.2, 0) is 14.4 Å². The molecule has 0 fully saturated rings. The molecule has 2 N–H and O–H groups in total. The van der Waals surface area contributed by atoms with Gasteiger partial charge in [0.1, 0.15) is 12.3 Å². The van der Waals surface area contributed by atoms with Crippen molar-refractivity contribution in [1.29, 1.82) is 0 Å². The molecule has 0 spiro atoms. The van der Waals surface area contributed by atoms with E-state index in [9.17, 15) is 19.5 Å². The van der Waals surface area contributed by atoms with Crippen molar-refractivity contribution in [3.8, 4) is 0 Å². The van der Waals surface area contributed by atoms with Crippen LogP contribution in [0.15, 0.2) is 0 Å². The number of hydrogen-bond acceptors (Lipinski definition) is 4. The van der Waals surface area contributed by atoms with Crippen molar-refractivity contribution in [2.24, 2.45) is 0 Å². The van der Waals surface area contributed by atoms with Crippen molar-refractivity contribution in [3.05, 3.63) is 0 Å². The second-order valence-corrected chi connectivity index (χ2v) is 15.1. The Morgan fingerprint density at radius 2 is 0.867 bits per heavy atom. The molecule has 45 heavy (non-hydrogen) atoms. The zero-order chi connectivity index (χ0) is 33.7. The molecule has 0 aliphatic carbocycles. The Hall–Kier alpha value is -1.27. The summed E-state index contributed by atoms with van der Waals surface area (Å²) in [6.45, 7) is 2.38. The average molecular weight is 641 g/mol. The van der Waals surface area contributed by atoms with Gasteiger partial charge in [-0.2, -0.15) is 0 Å². The summed E-state index contributed by atoms with van der Waals surface area (Å²) in [5.74, 6) is -1.000. The van der Waals surface area contributed by atoms with Crippen LogP contribution in [-0.4, -0.2) is 65.5 Å². The quantitative estimate of drug-likeness (QED) is 0.0531. The average Bonchev–Trinajstić information content (AvgIpc) is 2.95. The Labute approximate surface area is 279 Å². The first-order valence-electron chi connectivity index (χ1n) is 19.3. The van der Waals surface area contributed by atoms with E-state index in [4.69, 9.17) is 5.11 Å². The minimum Gasteiger partial charge on any atom is -0.481 e. The molecule has 266 valence electrons. The van der Waals surface area contributed by atoms with E-state index < -0.39 is 18.0 Å². The van der Waals surface area contributed by atoms with Crippen LogP contribution in [0, 0.1) is 0 Å².